The van der Waals surface area contributed by atoms with Crippen molar-refractivity contribution in [2.24, 2.45) is 5.73 Å². The van der Waals surface area contributed by atoms with Gasteiger partial charge >= 0.3 is 5.97 Å². The van der Waals surface area contributed by atoms with Crippen LogP contribution in [0.15, 0.2) is 42.9 Å². The quantitative estimate of drug-likeness (QED) is 0.194. The normalized spacial score (nSPS) is 14.5. The van der Waals surface area contributed by atoms with E-state index in [0.29, 0.717) is 35.9 Å². The Morgan fingerprint density at radius 3 is 2.55 bits per heavy atom. The Morgan fingerprint density at radius 1 is 1.02 bits per heavy atom. The zero-order valence-electron chi connectivity index (χ0n) is 22.4. The predicted octanol–water partition coefficient (Wildman–Crippen LogP) is 1.36. The second-order valence-electron chi connectivity index (χ2n) is 9.69. The number of ether oxygens (including phenoxy) is 1. The zero-order chi connectivity index (χ0) is 27.7. The number of aliphatic carboxylic acids is 1. The summed E-state index contributed by atoms with van der Waals surface area (Å²) >= 11 is 0. The number of hydrogen-bond donors (Lipinski definition) is 3. The second-order valence-corrected chi connectivity index (χ2v) is 9.69. The van der Waals surface area contributed by atoms with Crippen molar-refractivity contribution < 1.29 is 14.6 Å². The lowest BCUT2D eigenvalue weighted by atomic mass is 10.3. The minimum atomic E-state index is -0.832. The van der Waals surface area contributed by atoms with Gasteiger partial charge in [-0.3, -0.25) is 14.4 Å². The van der Waals surface area contributed by atoms with E-state index in [4.69, 9.17) is 15.6 Å². The molecule has 4 heterocycles. The van der Waals surface area contributed by atoms with Crippen LogP contribution in [-0.2, 0) is 11.3 Å². The van der Waals surface area contributed by atoms with Crippen molar-refractivity contribution >= 4 is 28.8 Å². The number of aromatic nitrogens is 7. The van der Waals surface area contributed by atoms with Gasteiger partial charge in [-0.15, -0.1) is 5.10 Å². The topological polar surface area (TPSA) is 165 Å². The summed E-state index contributed by atoms with van der Waals surface area (Å²) in [7, 11) is 0. The summed E-state index contributed by atoms with van der Waals surface area (Å²) in [5, 5.41) is 24.9. The molecule has 0 unspecified atom stereocenters. The number of anilines is 2. The Hall–Kier alpha value is -4.14. The van der Waals surface area contributed by atoms with Crippen molar-refractivity contribution in [3.63, 3.8) is 0 Å². The fraction of sp³-hybridized carbons (Fsp3) is 0.462. The highest BCUT2D eigenvalue weighted by Crippen LogP contribution is 2.20. The largest absolute Gasteiger partial charge is 0.494 e. The molecule has 1 saturated heterocycles. The fourth-order valence-corrected chi connectivity index (χ4v) is 4.53. The number of carboxylic acids is 1. The maximum atomic E-state index is 10.6. The molecule has 40 heavy (non-hydrogen) atoms. The molecule has 0 bridgehead atoms. The number of rotatable bonds is 14. The Kier molecular flexibility index (Phi) is 9.11. The lowest BCUT2D eigenvalue weighted by molar-refractivity contribution is -0.137. The van der Waals surface area contributed by atoms with Crippen LogP contribution in [0.3, 0.4) is 0 Å². The maximum absolute atomic E-state index is 10.6. The summed E-state index contributed by atoms with van der Waals surface area (Å²) in [4.78, 5) is 24.6. The molecule has 0 amide bonds. The summed E-state index contributed by atoms with van der Waals surface area (Å²) in [6.45, 7) is 8.23. The van der Waals surface area contributed by atoms with Crippen LogP contribution >= 0.6 is 0 Å². The number of nitrogens with two attached hydrogens (primary N) is 1. The molecule has 0 aliphatic carbocycles. The minimum Gasteiger partial charge on any atom is -0.494 e. The van der Waals surface area contributed by atoms with E-state index in [2.05, 4.69) is 40.5 Å². The van der Waals surface area contributed by atoms with Gasteiger partial charge in [-0.05, 0) is 50.2 Å². The van der Waals surface area contributed by atoms with Gasteiger partial charge in [-0.2, -0.15) is 14.8 Å². The smallest absolute Gasteiger partial charge is 0.303 e. The lowest BCUT2D eigenvalue weighted by Gasteiger charge is -2.34. The van der Waals surface area contributed by atoms with Gasteiger partial charge < -0.3 is 25.8 Å². The van der Waals surface area contributed by atoms with E-state index in [9.17, 15) is 4.79 Å². The lowest BCUT2D eigenvalue weighted by Crippen LogP contribution is -2.47. The molecular formula is C26H35N11O3. The summed E-state index contributed by atoms with van der Waals surface area (Å²) in [5.74, 6) is 0.237. The second kappa shape index (κ2) is 13.3. The molecule has 14 heteroatoms. The Bertz CT molecular complexity index is 1380. The predicted molar refractivity (Wildman–Crippen MR) is 149 cm³/mol. The number of benzene rings is 1. The first-order valence-electron chi connectivity index (χ1n) is 13.5. The summed E-state index contributed by atoms with van der Waals surface area (Å²) in [6.07, 6.45) is 6.93. The molecule has 1 fully saturated rings. The van der Waals surface area contributed by atoms with Gasteiger partial charge in [0.1, 0.15) is 5.75 Å². The van der Waals surface area contributed by atoms with Crippen LogP contribution in [0.4, 0.5) is 11.6 Å². The number of hydrogen-bond acceptors (Lipinski definition) is 11. The van der Waals surface area contributed by atoms with Crippen LogP contribution in [0.2, 0.25) is 0 Å². The molecule has 4 aromatic rings. The monoisotopic (exact) mass is 549 g/mol. The summed E-state index contributed by atoms with van der Waals surface area (Å²) in [5.41, 5.74) is 8.32. The Labute approximate surface area is 231 Å². The van der Waals surface area contributed by atoms with Crippen LogP contribution < -0.4 is 15.8 Å². The third-order valence-corrected chi connectivity index (χ3v) is 6.76. The first-order chi connectivity index (χ1) is 19.6. The molecule has 0 radical (unpaired) electrons. The number of nitrogens with zero attached hydrogens (tertiary/aromatic N) is 9. The molecule has 0 spiro atoms. The molecule has 212 valence electrons. The van der Waals surface area contributed by atoms with E-state index in [0.717, 1.165) is 70.2 Å². The van der Waals surface area contributed by atoms with Gasteiger partial charge in [0.25, 0.3) is 0 Å². The highest BCUT2D eigenvalue weighted by atomic mass is 16.5. The van der Waals surface area contributed by atoms with Crippen molar-refractivity contribution in [3.8, 4) is 11.4 Å². The van der Waals surface area contributed by atoms with E-state index in [-0.39, 0.29) is 6.42 Å². The van der Waals surface area contributed by atoms with Crippen LogP contribution in [0.1, 0.15) is 19.3 Å². The van der Waals surface area contributed by atoms with Gasteiger partial charge in [-0.1, -0.05) is 5.21 Å². The van der Waals surface area contributed by atoms with Crippen LogP contribution in [0, 0.1) is 0 Å². The molecule has 4 N–H and O–H groups in total. The summed E-state index contributed by atoms with van der Waals surface area (Å²) in [6, 6.07) is 7.31. The molecule has 5 rings (SSSR count). The van der Waals surface area contributed by atoms with E-state index >= 15 is 0 Å². The van der Waals surface area contributed by atoms with E-state index in [1.807, 2.05) is 23.0 Å². The average molecular weight is 550 g/mol. The van der Waals surface area contributed by atoms with E-state index in [1.54, 1.807) is 29.2 Å². The fourth-order valence-electron chi connectivity index (χ4n) is 4.53. The first kappa shape index (κ1) is 27.4. The van der Waals surface area contributed by atoms with Crippen LogP contribution in [0.5, 0.6) is 5.75 Å². The van der Waals surface area contributed by atoms with Gasteiger partial charge in [0, 0.05) is 45.3 Å². The molecule has 14 nitrogen and oxygen atoms in total. The van der Waals surface area contributed by atoms with E-state index < -0.39 is 5.97 Å². The number of fused-ring (bicyclic) bond motifs is 1. The third-order valence-electron chi connectivity index (χ3n) is 6.76. The highest BCUT2D eigenvalue weighted by molar-refractivity contribution is 5.72. The minimum absolute atomic E-state index is 0.0771. The summed E-state index contributed by atoms with van der Waals surface area (Å²) < 4.78 is 9.18. The number of carboxylic acid groups (broad SMARTS) is 1. The number of piperazine rings is 1. The molecular weight excluding hydrogens is 514 g/mol. The van der Waals surface area contributed by atoms with Crippen LogP contribution in [0.25, 0.3) is 16.9 Å². The van der Waals surface area contributed by atoms with Crippen molar-refractivity contribution in [1.82, 2.24) is 44.5 Å². The molecule has 3 aromatic heterocycles. The zero-order valence-corrected chi connectivity index (χ0v) is 22.4. The number of carbonyl (C=O) groups is 1. The molecule has 0 saturated carbocycles. The van der Waals surface area contributed by atoms with Crippen molar-refractivity contribution in [2.45, 2.75) is 25.8 Å². The first-order valence-corrected chi connectivity index (χ1v) is 13.5. The molecule has 1 aliphatic rings. The standard InChI is InChI=1S/C26H35N11O3/c27-8-2-9-34-10-12-35(13-11-34)14-15-36-19-20(17-29-36)30-26-28-18-23-25(31-26)37(33-32-23)21-4-6-22(7-5-21)40-16-1-3-24(38)39/h4-7,17-19H,1-3,8-16,27H2,(H,38,39)(H,28,30,31). The van der Waals surface area contributed by atoms with Crippen molar-refractivity contribution in [1.29, 1.82) is 0 Å². The average Bonchev–Trinajstić information content (AvgIpc) is 3.60. The van der Waals surface area contributed by atoms with Gasteiger partial charge in [0.2, 0.25) is 5.95 Å². The SMILES string of the molecule is NCCCN1CCN(CCn2cc(Nc3ncc4nnn(-c5ccc(OCCCC(=O)O)cc5)c4n3)cn2)CC1. The molecule has 1 aromatic carbocycles. The third kappa shape index (κ3) is 7.28. The number of nitrogens with one attached hydrogen (secondary N) is 1. The van der Waals surface area contributed by atoms with Gasteiger partial charge in [0.15, 0.2) is 11.2 Å². The highest BCUT2D eigenvalue weighted by Gasteiger charge is 2.16. The molecule has 1 aliphatic heterocycles. The van der Waals surface area contributed by atoms with Crippen molar-refractivity contribution in [2.75, 3.05) is 57.7 Å². The maximum Gasteiger partial charge on any atom is 0.303 e. The van der Waals surface area contributed by atoms with E-state index in [1.165, 1.54) is 0 Å². The molecule has 0 atom stereocenters. The Morgan fingerprint density at radius 2 is 1.80 bits per heavy atom. The van der Waals surface area contributed by atoms with Crippen molar-refractivity contribution in [3.05, 3.63) is 42.9 Å². The Balaban J connectivity index is 1.15. The van der Waals surface area contributed by atoms with Gasteiger partial charge in [-0.25, -0.2) is 4.98 Å². The van der Waals surface area contributed by atoms with Gasteiger partial charge in [0.05, 0.1) is 36.9 Å². The van der Waals surface area contributed by atoms with Crippen LogP contribution in [-0.4, -0.2) is 108 Å².